The molecular weight excluding hydrogens is 725 g/mol. The molecule has 0 unspecified atom stereocenters. The molecule has 0 saturated heterocycles. The minimum Gasteiger partial charge on any atom is -0.277 e. The fourth-order valence-electron chi connectivity index (χ4n) is 8.84. The smallest absolute Gasteiger partial charge is 0.238 e. The monoisotopic (exact) mass is 756 g/mol. The zero-order valence-corrected chi connectivity index (χ0v) is 32.0. The molecule has 0 N–H and O–H groups in total. The Bertz CT molecular complexity index is 3490. The van der Waals surface area contributed by atoms with Crippen LogP contribution in [0.25, 0.3) is 115 Å². The minimum absolute atomic E-state index is 0.584. The van der Waals surface area contributed by atoms with E-state index >= 15 is 0 Å². The van der Waals surface area contributed by atoms with Crippen molar-refractivity contribution < 1.29 is 0 Å². The van der Waals surface area contributed by atoms with Gasteiger partial charge in [-0.15, -0.1) is 11.3 Å². The maximum absolute atomic E-state index is 5.35. The Hall–Kier alpha value is -7.47. The summed E-state index contributed by atoms with van der Waals surface area (Å²) < 4.78 is 4.83. The molecule has 0 fully saturated rings. The van der Waals surface area contributed by atoms with Crippen LogP contribution in [0.1, 0.15) is 0 Å². The van der Waals surface area contributed by atoms with Gasteiger partial charge in [0.2, 0.25) is 5.95 Å². The molecule has 9 aromatic carbocycles. The van der Waals surface area contributed by atoms with Gasteiger partial charge >= 0.3 is 0 Å². The fraction of sp³-hybridized carbons (Fsp3) is 0. The molecule has 0 atom stereocenters. The number of hydrogen-bond donors (Lipinski definition) is 0. The van der Waals surface area contributed by atoms with Crippen LogP contribution in [-0.4, -0.2) is 19.5 Å². The molecule has 270 valence electrons. The van der Waals surface area contributed by atoms with Crippen molar-refractivity contribution in [3.05, 3.63) is 194 Å². The third-order valence-electron chi connectivity index (χ3n) is 11.4. The normalized spacial score (nSPS) is 11.8. The topological polar surface area (TPSA) is 43.6 Å². The quantitative estimate of drug-likeness (QED) is 0.176. The number of nitrogens with zero attached hydrogens (tertiary/aromatic N) is 4. The van der Waals surface area contributed by atoms with Gasteiger partial charge in [-0.2, -0.15) is 9.97 Å². The molecule has 0 aliphatic rings. The summed E-state index contributed by atoms with van der Waals surface area (Å²) in [4.78, 5) is 15.8. The summed E-state index contributed by atoms with van der Waals surface area (Å²) >= 11 is 1.88. The molecule has 12 rings (SSSR count). The van der Waals surface area contributed by atoms with Crippen molar-refractivity contribution in [3.8, 4) is 51.0 Å². The lowest BCUT2D eigenvalue weighted by Crippen LogP contribution is -2.06. The van der Waals surface area contributed by atoms with Gasteiger partial charge in [0.15, 0.2) is 11.6 Å². The summed E-state index contributed by atoms with van der Waals surface area (Å²) in [7, 11) is 0. The summed E-state index contributed by atoms with van der Waals surface area (Å²) in [5.74, 6) is 1.84. The molecule has 0 radical (unpaired) electrons. The standard InChI is InChI=1S/C53H32N4S/c1-4-16-34(17-5-1)40-28-15-29-43-47-48-46(41-25-12-13-26-42(41)50(47)58-49(40)43)44-32-37(39-27-14-23-33-18-10-11-24-38(33)39)30-31-45(44)57(48)53-55-51(35-19-6-2-7-20-35)54-52(56-53)36-21-8-3-9-22-36/h1-32H. The average molecular weight is 757 g/mol. The molecule has 0 spiro atoms. The highest BCUT2D eigenvalue weighted by Crippen LogP contribution is 2.50. The van der Waals surface area contributed by atoms with Gasteiger partial charge in [0.05, 0.1) is 11.0 Å². The van der Waals surface area contributed by atoms with E-state index in [1.54, 1.807) is 0 Å². The Kier molecular flexibility index (Phi) is 7.37. The highest BCUT2D eigenvalue weighted by atomic mass is 32.1. The number of aromatic nitrogens is 4. The zero-order valence-electron chi connectivity index (χ0n) is 31.2. The first-order chi connectivity index (χ1) is 28.8. The Balaban J connectivity index is 1.28. The van der Waals surface area contributed by atoms with E-state index in [1.165, 1.54) is 69.4 Å². The first-order valence-corrected chi connectivity index (χ1v) is 20.4. The van der Waals surface area contributed by atoms with E-state index in [0.717, 1.165) is 27.5 Å². The van der Waals surface area contributed by atoms with Crippen molar-refractivity contribution in [2.45, 2.75) is 0 Å². The average Bonchev–Trinajstić information content (AvgIpc) is 3.86. The van der Waals surface area contributed by atoms with Crippen LogP contribution >= 0.6 is 11.3 Å². The molecular formula is C53H32N4S. The van der Waals surface area contributed by atoms with Gasteiger partial charge in [-0.3, -0.25) is 4.57 Å². The molecule has 3 heterocycles. The summed E-state index contributed by atoms with van der Waals surface area (Å²) in [6, 6.07) is 69.0. The van der Waals surface area contributed by atoms with Gasteiger partial charge in [0.1, 0.15) is 0 Å². The van der Waals surface area contributed by atoms with Crippen molar-refractivity contribution in [2.75, 3.05) is 0 Å². The van der Waals surface area contributed by atoms with Crippen molar-refractivity contribution in [1.82, 2.24) is 19.5 Å². The second-order valence-electron chi connectivity index (χ2n) is 14.7. The van der Waals surface area contributed by atoms with Crippen molar-refractivity contribution >= 4 is 74.9 Å². The molecule has 0 aliphatic heterocycles. The van der Waals surface area contributed by atoms with E-state index in [2.05, 4.69) is 162 Å². The van der Waals surface area contributed by atoms with Crippen molar-refractivity contribution in [2.24, 2.45) is 0 Å². The predicted molar refractivity (Wildman–Crippen MR) is 244 cm³/mol. The van der Waals surface area contributed by atoms with Gasteiger partial charge in [0.25, 0.3) is 0 Å². The Morgan fingerprint density at radius 1 is 0.362 bits per heavy atom. The van der Waals surface area contributed by atoms with Gasteiger partial charge < -0.3 is 0 Å². The van der Waals surface area contributed by atoms with Gasteiger partial charge in [-0.1, -0.05) is 182 Å². The number of thiophene rings is 1. The Morgan fingerprint density at radius 3 is 1.66 bits per heavy atom. The first-order valence-electron chi connectivity index (χ1n) is 19.5. The molecule has 4 nitrogen and oxygen atoms in total. The fourth-order valence-corrected chi connectivity index (χ4v) is 10.2. The van der Waals surface area contributed by atoms with E-state index in [1.807, 2.05) is 47.7 Å². The lowest BCUT2D eigenvalue weighted by atomic mass is 9.95. The maximum Gasteiger partial charge on any atom is 0.238 e. The lowest BCUT2D eigenvalue weighted by molar-refractivity contribution is 0.955. The van der Waals surface area contributed by atoms with Gasteiger partial charge in [0, 0.05) is 47.5 Å². The molecule has 0 saturated carbocycles. The molecule has 58 heavy (non-hydrogen) atoms. The van der Waals surface area contributed by atoms with Crippen LogP contribution in [0, 0.1) is 0 Å². The van der Waals surface area contributed by atoms with Crippen LogP contribution in [0.15, 0.2) is 194 Å². The maximum atomic E-state index is 5.35. The summed E-state index contributed by atoms with van der Waals surface area (Å²) in [5.41, 5.74) is 8.82. The van der Waals surface area contributed by atoms with Crippen LogP contribution < -0.4 is 0 Å². The second kappa shape index (κ2) is 13.1. The van der Waals surface area contributed by atoms with E-state index < -0.39 is 0 Å². The van der Waals surface area contributed by atoms with Crippen LogP contribution in [0.4, 0.5) is 0 Å². The van der Waals surface area contributed by atoms with E-state index in [-0.39, 0.29) is 0 Å². The summed E-state index contributed by atoms with van der Waals surface area (Å²) in [6.07, 6.45) is 0. The number of fused-ring (bicyclic) bond motifs is 11. The van der Waals surface area contributed by atoms with Gasteiger partial charge in [-0.25, -0.2) is 4.98 Å². The molecule has 0 bridgehead atoms. The van der Waals surface area contributed by atoms with Crippen LogP contribution in [-0.2, 0) is 0 Å². The third-order valence-corrected chi connectivity index (χ3v) is 12.7. The summed E-state index contributed by atoms with van der Waals surface area (Å²) in [6.45, 7) is 0. The second-order valence-corrected chi connectivity index (χ2v) is 15.8. The molecule has 0 aliphatic carbocycles. The van der Waals surface area contributed by atoms with Crippen LogP contribution in [0.3, 0.4) is 0 Å². The number of benzene rings is 9. The Labute approximate surface area is 338 Å². The van der Waals surface area contributed by atoms with Crippen molar-refractivity contribution in [3.63, 3.8) is 0 Å². The zero-order chi connectivity index (χ0) is 38.2. The first kappa shape index (κ1) is 32.7. The van der Waals surface area contributed by atoms with Crippen LogP contribution in [0.2, 0.25) is 0 Å². The van der Waals surface area contributed by atoms with E-state index in [0.29, 0.717) is 17.6 Å². The van der Waals surface area contributed by atoms with Crippen LogP contribution in [0.5, 0.6) is 0 Å². The molecule has 12 aromatic rings. The van der Waals surface area contributed by atoms with E-state index in [4.69, 9.17) is 15.0 Å². The molecule has 5 heteroatoms. The summed E-state index contributed by atoms with van der Waals surface area (Å²) in [5, 5.41) is 9.67. The minimum atomic E-state index is 0.584. The third kappa shape index (κ3) is 5.04. The highest BCUT2D eigenvalue weighted by molar-refractivity contribution is 7.27. The number of hydrogen-bond acceptors (Lipinski definition) is 4. The number of rotatable bonds is 5. The lowest BCUT2D eigenvalue weighted by Gasteiger charge is -2.12. The van der Waals surface area contributed by atoms with Gasteiger partial charge in [-0.05, 0) is 50.5 Å². The molecule has 0 amide bonds. The largest absolute Gasteiger partial charge is 0.277 e. The molecule has 3 aromatic heterocycles. The Morgan fingerprint density at radius 2 is 0.931 bits per heavy atom. The predicted octanol–water partition coefficient (Wildman–Crippen LogP) is 14.3. The SMILES string of the molecule is c1ccc(-c2nc(-c3ccccc3)nc(-n3c4ccc(-c5cccc6ccccc56)cc4c4c5ccccc5c5sc6c(-c7ccccc7)cccc6c5c43)n2)cc1. The van der Waals surface area contributed by atoms with E-state index in [9.17, 15) is 0 Å². The van der Waals surface area contributed by atoms with Crippen molar-refractivity contribution in [1.29, 1.82) is 0 Å². The highest BCUT2D eigenvalue weighted by Gasteiger charge is 2.25.